The monoisotopic (exact) mass is 444 g/mol. The highest BCUT2D eigenvalue weighted by Crippen LogP contribution is 2.40. The molecule has 0 saturated carbocycles. The lowest BCUT2D eigenvalue weighted by Gasteiger charge is -2.41. The summed E-state index contributed by atoms with van der Waals surface area (Å²) in [5.41, 5.74) is 7.68. The van der Waals surface area contributed by atoms with E-state index in [1.165, 1.54) is 0 Å². The summed E-state index contributed by atoms with van der Waals surface area (Å²) in [5, 5.41) is 8.09. The highest BCUT2D eigenvalue weighted by molar-refractivity contribution is 6.35. The first-order valence-corrected chi connectivity index (χ1v) is 10.7. The molecule has 0 aliphatic carbocycles. The molecule has 2 fully saturated rings. The van der Waals surface area contributed by atoms with E-state index in [2.05, 4.69) is 15.1 Å². The average Bonchev–Trinajstić information content (AvgIpc) is 3.35. The summed E-state index contributed by atoms with van der Waals surface area (Å²) in [6.07, 6.45) is 1.82. The third-order valence-corrected chi connectivity index (χ3v) is 7.12. The van der Waals surface area contributed by atoms with Gasteiger partial charge in [-0.1, -0.05) is 23.7 Å². The summed E-state index contributed by atoms with van der Waals surface area (Å²) in [7, 11) is 3.29. The molecule has 3 aromatic rings. The molecule has 2 aliphatic heterocycles. The number of methoxy groups -OCH3 is 1. The van der Waals surface area contributed by atoms with Gasteiger partial charge in [-0.3, -0.25) is 14.5 Å². The Bertz CT molecular complexity index is 1200. The minimum absolute atomic E-state index is 0.0315. The minimum atomic E-state index is -0.177. The SMILES string of the molecule is COc1cccc(-c2n[nH]c3nc(N4CCC5(CC4)COC[C@H]5N)n(C)c(=O)c23)c1Cl. The lowest BCUT2D eigenvalue weighted by Crippen LogP contribution is -2.50. The second-order valence-electron chi connectivity index (χ2n) is 8.36. The van der Waals surface area contributed by atoms with Crippen LogP contribution in [0.3, 0.4) is 0 Å². The Balaban J connectivity index is 1.52. The van der Waals surface area contributed by atoms with Crippen molar-refractivity contribution in [3.63, 3.8) is 0 Å². The van der Waals surface area contributed by atoms with Crippen molar-refractivity contribution in [2.45, 2.75) is 18.9 Å². The van der Waals surface area contributed by atoms with Crippen molar-refractivity contribution in [2.75, 3.05) is 38.3 Å². The van der Waals surface area contributed by atoms with Gasteiger partial charge >= 0.3 is 0 Å². The Kier molecular flexibility index (Phi) is 4.91. The van der Waals surface area contributed by atoms with Gasteiger partial charge < -0.3 is 20.1 Å². The Morgan fingerprint density at radius 2 is 2.13 bits per heavy atom. The normalized spacial score (nSPS) is 20.6. The summed E-state index contributed by atoms with van der Waals surface area (Å²) >= 11 is 6.48. The maximum Gasteiger partial charge on any atom is 0.266 e. The summed E-state index contributed by atoms with van der Waals surface area (Å²) in [5.74, 6) is 1.14. The highest BCUT2D eigenvalue weighted by Gasteiger charge is 2.44. The van der Waals surface area contributed by atoms with E-state index in [1.807, 2.05) is 12.1 Å². The van der Waals surface area contributed by atoms with Crippen LogP contribution in [0, 0.1) is 5.41 Å². The standard InChI is InChI=1S/C21H25ClN6O3/c1-27-19(29)15-17(12-4-3-5-13(30-2)16(12)22)25-26-18(15)24-20(27)28-8-6-21(7-9-28)11-31-10-14(21)23/h3-5,14H,6-11,23H2,1-2H3,(H,25,26)/t14-/m1/s1. The second-order valence-corrected chi connectivity index (χ2v) is 8.74. The first-order valence-electron chi connectivity index (χ1n) is 10.3. The summed E-state index contributed by atoms with van der Waals surface area (Å²) in [6, 6.07) is 5.45. The number of nitrogens with two attached hydrogens (primary N) is 1. The number of anilines is 1. The van der Waals surface area contributed by atoms with Crippen molar-refractivity contribution in [2.24, 2.45) is 18.2 Å². The molecule has 10 heteroatoms. The van der Waals surface area contributed by atoms with Crippen LogP contribution >= 0.6 is 11.6 Å². The summed E-state index contributed by atoms with van der Waals surface area (Å²) < 4.78 is 12.5. The summed E-state index contributed by atoms with van der Waals surface area (Å²) in [6.45, 7) is 2.86. The van der Waals surface area contributed by atoms with Crippen molar-refractivity contribution in [1.29, 1.82) is 0 Å². The molecule has 2 saturated heterocycles. The number of H-pyrrole nitrogens is 1. The van der Waals surface area contributed by atoms with Gasteiger partial charge in [0, 0.05) is 37.2 Å². The van der Waals surface area contributed by atoms with Crippen LogP contribution in [0.4, 0.5) is 5.95 Å². The fraction of sp³-hybridized carbons (Fsp3) is 0.476. The van der Waals surface area contributed by atoms with Crippen LogP contribution in [0.1, 0.15) is 12.8 Å². The Hall–Kier alpha value is -2.62. The van der Waals surface area contributed by atoms with Gasteiger partial charge in [0.25, 0.3) is 5.56 Å². The first-order chi connectivity index (χ1) is 14.9. The molecule has 1 atom stereocenters. The predicted molar refractivity (Wildman–Crippen MR) is 119 cm³/mol. The van der Waals surface area contributed by atoms with Crippen molar-refractivity contribution < 1.29 is 9.47 Å². The molecule has 9 nitrogen and oxygen atoms in total. The molecule has 0 bridgehead atoms. The molecule has 0 amide bonds. The van der Waals surface area contributed by atoms with Crippen molar-refractivity contribution >= 4 is 28.6 Å². The van der Waals surface area contributed by atoms with E-state index in [1.54, 1.807) is 24.8 Å². The zero-order valence-electron chi connectivity index (χ0n) is 17.5. The van der Waals surface area contributed by atoms with E-state index in [4.69, 9.17) is 31.8 Å². The van der Waals surface area contributed by atoms with Gasteiger partial charge in [0.15, 0.2) is 5.65 Å². The number of halogens is 1. The Labute approximate surface area is 184 Å². The molecule has 5 rings (SSSR count). The number of nitrogens with zero attached hydrogens (tertiary/aromatic N) is 4. The molecule has 2 aliphatic rings. The topological polar surface area (TPSA) is 111 Å². The molecule has 4 heterocycles. The van der Waals surface area contributed by atoms with Gasteiger partial charge in [0.2, 0.25) is 5.95 Å². The Morgan fingerprint density at radius 3 is 2.81 bits per heavy atom. The molecular formula is C21H25ClN6O3. The van der Waals surface area contributed by atoms with Crippen LogP contribution in [-0.4, -0.2) is 59.2 Å². The van der Waals surface area contributed by atoms with Gasteiger partial charge in [-0.05, 0) is 18.9 Å². The fourth-order valence-corrected chi connectivity index (χ4v) is 5.01. The Morgan fingerprint density at radius 1 is 1.35 bits per heavy atom. The number of nitrogens with one attached hydrogen (secondary N) is 1. The maximum atomic E-state index is 13.3. The largest absolute Gasteiger partial charge is 0.495 e. The number of aromatic amines is 1. The predicted octanol–water partition coefficient (Wildman–Crippen LogP) is 1.93. The third kappa shape index (κ3) is 3.10. The van der Waals surface area contributed by atoms with Gasteiger partial charge in [0.05, 0.1) is 25.3 Å². The highest BCUT2D eigenvalue weighted by atomic mass is 35.5. The number of ether oxygens (including phenoxy) is 2. The number of fused-ring (bicyclic) bond motifs is 1. The van der Waals surface area contributed by atoms with E-state index < -0.39 is 0 Å². The van der Waals surface area contributed by atoms with E-state index in [0.717, 1.165) is 25.9 Å². The lowest BCUT2D eigenvalue weighted by atomic mass is 9.75. The van der Waals surface area contributed by atoms with Crippen LogP contribution in [0.5, 0.6) is 5.75 Å². The molecule has 164 valence electrons. The molecule has 0 radical (unpaired) electrons. The average molecular weight is 445 g/mol. The van der Waals surface area contributed by atoms with Crippen molar-refractivity contribution in [1.82, 2.24) is 19.7 Å². The number of hydrogen-bond acceptors (Lipinski definition) is 7. The van der Waals surface area contributed by atoms with E-state index in [9.17, 15) is 4.79 Å². The lowest BCUT2D eigenvalue weighted by molar-refractivity contribution is 0.131. The fourth-order valence-electron chi connectivity index (χ4n) is 4.72. The number of rotatable bonds is 3. The number of aromatic nitrogens is 4. The van der Waals surface area contributed by atoms with Gasteiger partial charge in [-0.25, -0.2) is 0 Å². The molecule has 2 aromatic heterocycles. The molecule has 0 unspecified atom stereocenters. The van der Waals surface area contributed by atoms with Crippen LogP contribution < -0.4 is 20.9 Å². The van der Waals surface area contributed by atoms with Crippen molar-refractivity contribution in [3.05, 3.63) is 33.6 Å². The van der Waals surface area contributed by atoms with Crippen LogP contribution in [-0.2, 0) is 11.8 Å². The van der Waals surface area contributed by atoms with E-state index in [-0.39, 0.29) is 17.0 Å². The molecule has 3 N–H and O–H groups in total. The second kappa shape index (κ2) is 7.51. The quantitative estimate of drug-likeness (QED) is 0.634. The zero-order valence-corrected chi connectivity index (χ0v) is 18.3. The van der Waals surface area contributed by atoms with E-state index >= 15 is 0 Å². The van der Waals surface area contributed by atoms with Crippen LogP contribution in [0.15, 0.2) is 23.0 Å². The zero-order chi connectivity index (χ0) is 21.8. The molecular weight excluding hydrogens is 420 g/mol. The van der Waals surface area contributed by atoms with Crippen molar-refractivity contribution in [3.8, 4) is 17.0 Å². The van der Waals surface area contributed by atoms with Crippen LogP contribution in [0.25, 0.3) is 22.3 Å². The third-order valence-electron chi connectivity index (χ3n) is 6.73. The van der Waals surface area contributed by atoms with Crippen LogP contribution in [0.2, 0.25) is 5.02 Å². The smallest absolute Gasteiger partial charge is 0.266 e. The van der Waals surface area contributed by atoms with E-state index in [0.29, 0.717) is 52.2 Å². The molecule has 1 aromatic carbocycles. The number of piperidine rings is 1. The van der Waals surface area contributed by atoms with Gasteiger partial charge in [-0.2, -0.15) is 10.1 Å². The minimum Gasteiger partial charge on any atom is -0.495 e. The first kappa shape index (κ1) is 20.3. The molecule has 31 heavy (non-hydrogen) atoms. The number of benzene rings is 1. The van der Waals surface area contributed by atoms with Gasteiger partial charge in [0.1, 0.15) is 16.8 Å². The maximum absolute atomic E-state index is 13.3. The number of hydrogen-bond donors (Lipinski definition) is 2. The summed E-state index contributed by atoms with van der Waals surface area (Å²) in [4.78, 5) is 20.2. The van der Waals surface area contributed by atoms with Gasteiger partial charge in [-0.15, -0.1) is 0 Å². The molecule has 1 spiro atoms.